The van der Waals surface area contributed by atoms with Crippen molar-refractivity contribution in [1.82, 2.24) is 0 Å². The van der Waals surface area contributed by atoms with Crippen molar-refractivity contribution in [2.45, 2.75) is 52.9 Å². The Kier molecular flexibility index (Phi) is 2.89. The second-order valence-electron chi connectivity index (χ2n) is 7.03. The van der Waals surface area contributed by atoms with E-state index in [1.165, 1.54) is 22.3 Å². The van der Waals surface area contributed by atoms with Gasteiger partial charge in [0.1, 0.15) is 0 Å². The van der Waals surface area contributed by atoms with E-state index in [-0.39, 0.29) is 11.3 Å². The maximum absolute atomic E-state index is 12.1. The zero-order chi connectivity index (χ0) is 13.9. The van der Waals surface area contributed by atoms with Gasteiger partial charge in [0.2, 0.25) is 5.91 Å². The van der Waals surface area contributed by atoms with E-state index in [0.717, 1.165) is 12.1 Å². The Labute approximate surface area is 111 Å². The fourth-order valence-corrected chi connectivity index (χ4v) is 8.11. The summed E-state index contributed by atoms with van der Waals surface area (Å²) in [7, 11) is -1.17. The molecule has 2 nitrogen and oxygen atoms in total. The van der Waals surface area contributed by atoms with E-state index in [2.05, 4.69) is 40.8 Å². The average molecular weight is 263 g/mol. The van der Waals surface area contributed by atoms with E-state index >= 15 is 0 Å². The first-order valence-corrected chi connectivity index (χ1v) is 10.2. The first kappa shape index (κ1) is 13.6. The number of hydrogen-bond donors (Lipinski definition) is 1. The molecule has 0 aromatic heterocycles. The largest absolute Gasteiger partial charge is 0.369 e. The van der Waals surface area contributed by atoms with Crippen molar-refractivity contribution in [3.05, 3.63) is 22.3 Å². The van der Waals surface area contributed by atoms with Gasteiger partial charge in [0.05, 0.1) is 13.5 Å². The van der Waals surface area contributed by atoms with Gasteiger partial charge in [0.25, 0.3) is 0 Å². The molecule has 1 fully saturated rings. The standard InChI is InChI=1S/C15H25NOSi/c1-9-10(2)12(4)13(11(9)3)15(14(16)17)7-18(5,6)8-15/h11H,7-8H2,1-6H3,(H2,16,17). The highest BCUT2D eigenvalue weighted by Crippen LogP contribution is 2.59. The van der Waals surface area contributed by atoms with Crippen LogP contribution in [0.2, 0.25) is 25.2 Å². The van der Waals surface area contributed by atoms with Crippen LogP contribution in [0.3, 0.4) is 0 Å². The van der Waals surface area contributed by atoms with Crippen LogP contribution in [0.25, 0.3) is 0 Å². The lowest BCUT2D eigenvalue weighted by atomic mass is 9.74. The van der Waals surface area contributed by atoms with E-state index in [1.54, 1.807) is 0 Å². The monoisotopic (exact) mass is 263 g/mol. The molecule has 0 aromatic carbocycles. The van der Waals surface area contributed by atoms with Crippen molar-refractivity contribution >= 4 is 14.0 Å². The molecule has 0 spiro atoms. The highest BCUT2D eigenvalue weighted by atomic mass is 28.3. The number of nitrogens with two attached hydrogens (primary N) is 1. The topological polar surface area (TPSA) is 43.1 Å². The summed E-state index contributed by atoms with van der Waals surface area (Å²) < 4.78 is 0. The zero-order valence-electron chi connectivity index (χ0n) is 12.5. The number of amides is 1. The third kappa shape index (κ3) is 1.63. The number of primary amides is 1. The van der Waals surface area contributed by atoms with Gasteiger partial charge in [-0.15, -0.1) is 0 Å². The van der Waals surface area contributed by atoms with Crippen molar-refractivity contribution < 1.29 is 4.79 Å². The van der Waals surface area contributed by atoms with E-state index < -0.39 is 8.07 Å². The third-order valence-corrected chi connectivity index (χ3v) is 8.31. The highest BCUT2D eigenvalue weighted by Gasteiger charge is 2.58. The SMILES string of the molecule is CC1=C(C)C(C)C(C2(C(N)=O)C[Si](C)(C)C2)=C1C. The molecule has 2 rings (SSSR count). The molecular formula is C15H25NOSi. The molecule has 1 amide bonds. The molecule has 2 N–H and O–H groups in total. The van der Waals surface area contributed by atoms with Gasteiger partial charge in [-0.1, -0.05) is 25.6 Å². The van der Waals surface area contributed by atoms with Gasteiger partial charge in [0, 0.05) is 0 Å². The quantitative estimate of drug-likeness (QED) is 0.762. The highest BCUT2D eigenvalue weighted by molar-refractivity contribution is 6.81. The van der Waals surface area contributed by atoms with Gasteiger partial charge >= 0.3 is 0 Å². The predicted molar refractivity (Wildman–Crippen MR) is 79.0 cm³/mol. The number of carbonyl (C=O) groups excluding carboxylic acids is 1. The van der Waals surface area contributed by atoms with E-state index in [1.807, 2.05) is 0 Å². The number of allylic oxidation sites excluding steroid dienone is 3. The molecule has 1 aliphatic heterocycles. The summed E-state index contributed by atoms with van der Waals surface area (Å²) in [5.41, 5.74) is 10.9. The Bertz CT molecular complexity index is 477. The second kappa shape index (κ2) is 3.83. The maximum atomic E-state index is 12.1. The summed E-state index contributed by atoms with van der Waals surface area (Å²) >= 11 is 0. The lowest BCUT2D eigenvalue weighted by Crippen LogP contribution is -2.58. The lowest BCUT2D eigenvalue weighted by molar-refractivity contribution is -0.125. The molecule has 0 radical (unpaired) electrons. The molecule has 100 valence electrons. The molecule has 0 aromatic rings. The van der Waals surface area contributed by atoms with Crippen LogP contribution in [0.4, 0.5) is 0 Å². The smallest absolute Gasteiger partial charge is 0.227 e. The first-order valence-electron chi connectivity index (χ1n) is 6.81. The maximum Gasteiger partial charge on any atom is 0.227 e. The fourth-order valence-electron chi connectivity index (χ4n) is 4.22. The molecule has 0 saturated carbocycles. The van der Waals surface area contributed by atoms with Crippen molar-refractivity contribution in [1.29, 1.82) is 0 Å². The minimum Gasteiger partial charge on any atom is -0.369 e. The minimum absolute atomic E-state index is 0.0991. The van der Waals surface area contributed by atoms with Gasteiger partial charge in [-0.25, -0.2) is 0 Å². The Balaban J connectivity index is 2.46. The summed E-state index contributed by atoms with van der Waals surface area (Å²) in [6.07, 6.45) is 0. The van der Waals surface area contributed by atoms with Gasteiger partial charge in [-0.2, -0.15) is 0 Å². The van der Waals surface area contributed by atoms with Gasteiger partial charge in [0.15, 0.2) is 0 Å². The summed E-state index contributed by atoms with van der Waals surface area (Å²) in [6, 6.07) is 2.07. The number of carbonyl (C=O) groups is 1. The summed E-state index contributed by atoms with van der Waals surface area (Å²) in [4.78, 5) is 12.1. The predicted octanol–water partition coefficient (Wildman–Crippen LogP) is 3.48. The molecular weight excluding hydrogens is 238 g/mol. The average Bonchev–Trinajstić information content (AvgIpc) is 2.40. The number of hydrogen-bond acceptors (Lipinski definition) is 1. The Morgan fingerprint density at radius 1 is 1.22 bits per heavy atom. The van der Waals surface area contributed by atoms with Crippen LogP contribution in [0.15, 0.2) is 22.3 Å². The van der Waals surface area contributed by atoms with Gasteiger partial charge in [-0.3, -0.25) is 4.79 Å². The van der Waals surface area contributed by atoms with Crippen molar-refractivity contribution in [2.24, 2.45) is 17.1 Å². The molecule has 1 aliphatic carbocycles. The molecule has 1 atom stereocenters. The van der Waals surface area contributed by atoms with Crippen LogP contribution in [0.1, 0.15) is 27.7 Å². The van der Waals surface area contributed by atoms with E-state index in [4.69, 9.17) is 5.73 Å². The molecule has 1 heterocycles. The molecule has 3 heteroatoms. The van der Waals surface area contributed by atoms with Crippen molar-refractivity contribution in [3.8, 4) is 0 Å². The van der Waals surface area contributed by atoms with Crippen LogP contribution in [-0.4, -0.2) is 14.0 Å². The Morgan fingerprint density at radius 3 is 2.00 bits per heavy atom. The second-order valence-corrected chi connectivity index (χ2v) is 12.1. The van der Waals surface area contributed by atoms with Gasteiger partial charge < -0.3 is 5.73 Å². The Morgan fingerprint density at radius 2 is 1.72 bits per heavy atom. The molecule has 18 heavy (non-hydrogen) atoms. The molecule has 1 unspecified atom stereocenters. The van der Waals surface area contributed by atoms with Crippen LogP contribution < -0.4 is 5.73 Å². The summed E-state index contributed by atoms with van der Waals surface area (Å²) in [5, 5.41) is 0. The van der Waals surface area contributed by atoms with Crippen LogP contribution >= 0.6 is 0 Å². The molecule has 0 bridgehead atoms. The molecule has 1 saturated heterocycles. The summed E-state index contributed by atoms with van der Waals surface area (Å²) in [6.45, 7) is 13.5. The minimum atomic E-state index is -1.17. The van der Waals surface area contributed by atoms with Crippen molar-refractivity contribution in [3.63, 3.8) is 0 Å². The third-order valence-electron chi connectivity index (χ3n) is 5.19. The fraction of sp³-hybridized carbons (Fsp3) is 0.667. The van der Waals surface area contributed by atoms with E-state index in [9.17, 15) is 4.79 Å². The number of rotatable bonds is 2. The van der Waals surface area contributed by atoms with Crippen LogP contribution in [-0.2, 0) is 4.79 Å². The first-order chi connectivity index (χ1) is 8.12. The van der Waals surface area contributed by atoms with Gasteiger partial charge in [-0.05, 0) is 55.5 Å². The molecule has 2 aliphatic rings. The van der Waals surface area contributed by atoms with Crippen molar-refractivity contribution in [2.75, 3.05) is 0 Å². The van der Waals surface area contributed by atoms with Crippen LogP contribution in [0, 0.1) is 11.3 Å². The normalized spacial score (nSPS) is 29.6. The zero-order valence-corrected chi connectivity index (χ0v) is 13.5. The summed E-state index contributed by atoms with van der Waals surface area (Å²) in [5.74, 6) is 0.292. The lowest BCUT2D eigenvalue weighted by Gasteiger charge is -2.52. The van der Waals surface area contributed by atoms with E-state index in [0.29, 0.717) is 5.92 Å². The van der Waals surface area contributed by atoms with Crippen LogP contribution in [0.5, 0.6) is 0 Å². The Hall–Kier alpha value is -0.833.